The highest BCUT2D eigenvalue weighted by molar-refractivity contribution is 6.30. The molecule has 1 aromatic carbocycles. The lowest BCUT2D eigenvalue weighted by Crippen LogP contribution is -1.97. The van der Waals surface area contributed by atoms with Crippen LogP contribution in [0.1, 0.15) is 0 Å². The van der Waals surface area contributed by atoms with Crippen LogP contribution in [0.5, 0.6) is 0 Å². The second-order valence-electron chi connectivity index (χ2n) is 3.87. The molecule has 0 aliphatic rings. The van der Waals surface area contributed by atoms with E-state index in [1.54, 1.807) is 24.4 Å². The van der Waals surface area contributed by atoms with Gasteiger partial charge in [-0.25, -0.2) is 19.3 Å². The van der Waals surface area contributed by atoms with Crippen LogP contribution in [-0.4, -0.2) is 15.0 Å². The van der Waals surface area contributed by atoms with E-state index in [-0.39, 0.29) is 5.82 Å². The highest BCUT2D eigenvalue weighted by Gasteiger charge is 2.05. The van der Waals surface area contributed by atoms with E-state index in [0.717, 1.165) is 0 Å². The van der Waals surface area contributed by atoms with E-state index in [0.29, 0.717) is 27.6 Å². The molecule has 3 aromatic rings. The van der Waals surface area contributed by atoms with E-state index in [1.807, 2.05) is 0 Å². The van der Waals surface area contributed by atoms with Gasteiger partial charge in [-0.15, -0.1) is 0 Å². The van der Waals surface area contributed by atoms with Crippen LogP contribution in [0.4, 0.5) is 16.0 Å². The number of nitrogens with one attached hydrogen (secondary N) is 1. The van der Waals surface area contributed by atoms with Gasteiger partial charge in [-0.1, -0.05) is 11.6 Å². The van der Waals surface area contributed by atoms with Crippen molar-refractivity contribution in [3.05, 3.63) is 53.7 Å². The third-order valence-corrected chi connectivity index (χ3v) is 2.80. The second-order valence-corrected chi connectivity index (χ2v) is 4.30. The number of nitrogens with zero attached hydrogens (tertiary/aromatic N) is 3. The molecule has 0 unspecified atom stereocenters. The Morgan fingerprint density at radius 3 is 2.79 bits per heavy atom. The van der Waals surface area contributed by atoms with Crippen molar-refractivity contribution in [1.82, 2.24) is 15.0 Å². The summed E-state index contributed by atoms with van der Waals surface area (Å²) in [4.78, 5) is 12.3. The summed E-state index contributed by atoms with van der Waals surface area (Å²) >= 11 is 5.89. The van der Waals surface area contributed by atoms with E-state index >= 15 is 0 Å². The van der Waals surface area contributed by atoms with Gasteiger partial charge in [-0.2, -0.15) is 0 Å². The third-order valence-electron chi connectivity index (χ3n) is 2.57. The van der Waals surface area contributed by atoms with Crippen molar-refractivity contribution in [2.75, 3.05) is 5.32 Å². The van der Waals surface area contributed by atoms with Gasteiger partial charge in [0.2, 0.25) is 0 Å². The maximum Gasteiger partial charge on any atom is 0.142 e. The number of hydrogen-bond donors (Lipinski definition) is 1. The molecule has 2 aromatic heterocycles. The zero-order chi connectivity index (χ0) is 13.2. The summed E-state index contributed by atoms with van der Waals surface area (Å²) < 4.78 is 13.1. The van der Waals surface area contributed by atoms with Gasteiger partial charge in [0.25, 0.3) is 0 Å². The summed E-state index contributed by atoms with van der Waals surface area (Å²) in [6.07, 6.45) is 2.96. The third kappa shape index (κ3) is 2.46. The van der Waals surface area contributed by atoms with Crippen LogP contribution in [-0.2, 0) is 0 Å². The first-order valence-corrected chi connectivity index (χ1v) is 5.89. The normalized spacial score (nSPS) is 10.6. The lowest BCUT2D eigenvalue weighted by atomic mass is 10.2. The molecule has 0 aliphatic carbocycles. The Hall–Kier alpha value is -2.27. The Bertz CT molecular complexity index is 748. The predicted molar refractivity (Wildman–Crippen MR) is 72.0 cm³/mol. The SMILES string of the molecule is Fc1ccc2c(Nc3cc(Cl)ccn3)ncnc2c1. The lowest BCUT2D eigenvalue weighted by molar-refractivity contribution is 0.629. The van der Waals surface area contributed by atoms with Gasteiger partial charge in [0.1, 0.15) is 23.8 Å². The zero-order valence-electron chi connectivity index (χ0n) is 9.64. The lowest BCUT2D eigenvalue weighted by Gasteiger charge is -2.07. The summed E-state index contributed by atoms with van der Waals surface area (Å²) in [6.45, 7) is 0. The summed E-state index contributed by atoms with van der Waals surface area (Å²) in [5, 5.41) is 4.32. The molecule has 4 nitrogen and oxygen atoms in total. The highest BCUT2D eigenvalue weighted by Crippen LogP contribution is 2.23. The largest absolute Gasteiger partial charge is 0.324 e. The van der Waals surface area contributed by atoms with Crippen LogP contribution in [0.2, 0.25) is 5.02 Å². The van der Waals surface area contributed by atoms with Crippen LogP contribution < -0.4 is 5.32 Å². The van der Waals surface area contributed by atoms with Crippen LogP contribution in [0.3, 0.4) is 0 Å². The van der Waals surface area contributed by atoms with Crippen molar-refractivity contribution in [2.24, 2.45) is 0 Å². The van der Waals surface area contributed by atoms with Crippen molar-refractivity contribution in [3.63, 3.8) is 0 Å². The molecule has 0 fully saturated rings. The molecule has 6 heteroatoms. The number of halogens is 2. The molecule has 0 saturated heterocycles. The van der Waals surface area contributed by atoms with E-state index in [2.05, 4.69) is 20.3 Å². The van der Waals surface area contributed by atoms with Crippen LogP contribution in [0.25, 0.3) is 10.9 Å². The van der Waals surface area contributed by atoms with E-state index in [1.165, 1.54) is 18.5 Å². The summed E-state index contributed by atoms with van der Waals surface area (Å²) in [6, 6.07) is 7.70. The quantitative estimate of drug-likeness (QED) is 0.776. The molecule has 0 atom stereocenters. The standard InChI is InChI=1S/C13H8ClFN4/c14-8-3-4-16-12(5-8)19-13-10-2-1-9(15)6-11(10)17-7-18-13/h1-7H,(H,16,17,18,19). The van der Waals surface area contributed by atoms with Crippen molar-refractivity contribution in [1.29, 1.82) is 0 Å². The number of anilines is 2. The van der Waals surface area contributed by atoms with Gasteiger partial charge in [0, 0.05) is 22.7 Å². The predicted octanol–water partition coefficient (Wildman–Crippen LogP) is 3.56. The average molecular weight is 275 g/mol. The number of fused-ring (bicyclic) bond motifs is 1. The summed E-state index contributed by atoms with van der Waals surface area (Å²) in [5.74, 6) is 0.787. The number of aromatic nitrogens is 3. The minimum atomic E-state index is -0.335. The van der Waals surface area contributed by atoms with Gasteiger partial charge >= 0.3 is 0 Å². The Morgan fingerprint density at radius 1 is 1.05 bits per heavy atom. The molecular weight excluding hydrogens is 267 g/mol. The van der Waals surface area contributed by atoms with Crippen LogP contribution in [0, 0.1) is 5.82 Å². The Labute approximate surface area is 113 Å². The first-order valence-electron chi connectivity index (χ1n) is 5.51. The molecule has 0 aliphatic heterocycles. The summed E-state index contributed by atoms with van der Waals surface area (Å²) in [7, 11) is 0. The van der Waals surface area contributed by atoms with E-state index in [9.17, 15) is 4.39 Å². The van der Waals surface area contributed by atoms with Crippen molar-refractivity contribution < 1.29 is 4.39 Å². The van der Waals surface area contributed by atoms with Gasteiger partial charge in [-0.3, -0.25) is 0 Å². The molecule has 0 saturated carbocycles. The molecule has 3 rings (SSSR count). The molecule has 2 heterocycles. The topological polar surface area (TPSA) is 50.7 Å². The van der Waals surface area contributed by atoms with Crippen LogP contribution >= 0.6 is 11.6 Å². The maximum atomic E-state index is 13.1. The van der Waals surface area contributed by atoms with Crippen molar-refractivity contribution in [3.8, 4) is 0 Å². The van der Waals surface area contributed by atoms with E-state index < -0.39 is 0 Å². The first kappa shape index (κ1) is 11.8. The molecule has 94 valence electrons. The highest BCUT2D eigenvalue weighted by atomic mass is 35.5. The molecule has 0 spiro atoms. The minimum absolute atomic E-state index is 0.335. The Balaban J connectivity index is 2.06. The van der Waals surface area contributed by atoms with Crippen LogP contribution in [0.15, 0.2) is 42.9 Å². The maximum absolute atomic E-state index is 13.1. The Kier molecular flexibility index (Phi) is 2.97. The zero-order valence-corrected chi connectivity index (χ0v) is 10.4. The minimum Gasteiger partial charge on any atom is -0.324 e. The Morgan fingerprint density at radius 2 is 1.95 bits per heavy atom. The monoisotopic (exact) mass is 274 g/mol. The summed E-state index contributed by atoms with van der Waals surface area (Å²) in [5.41, 5.74) is 0.527. The van der Waals surface area contributed by atoms with Gasteiger partial charge in [0.15, 0.2) is 0 Å². The second kappa shape index (κ2) is 4.78. The number of pyridine rings is 1. The number of rotatable bonds is 2. The van der Waals surface area contributed by atoms with Crippen molar-refractivity contribution >= 4 is 34.1 Å². The first-order chi connectivity index (χ1) is 9.22. The van der Waals surface area contributed by atoms with Gasteiger partial charge in [-0.05, 0) is 24.3 Å². The molecular formula is C13H8ClFN4. The fraction of sp³-hybridized carbons (Fsp3) is 0. The molecule has 19 heavy (non-hydrogen) atoms. The number of hydrogen-bond acceptors (Lipinski definition) is 4. The van der Waals surface area contributed by atoms with Gasteiger partial charge < -0.3 is 5.32 Å². The van der Waals surface area contributed by atoms with Gasteiger partial charge in [0.05, 0.1) is 5.52 Å². The number of benzene rings is 1. The molecule has 0 radical (unpaired) electrons. The smallest absolute Gasteiger partial charge is 0.142 e. The van der Waals surface area contributed by atoms with Crippen molar-refractivity contribution in [2.45, 2.75) is 0 Å². The average Bonchev–Trinajstić information content (AvgIpc) is 2.38. The fourth-order valence-corrected chi connectivity index (χ4v) is 1.88. The molecule has 1 N–H and O–H groups in total. The molecule has 0 amide bonds. The fourth-order valence-electron chi connectivity index (χ4n) is 1.72. The van der Waals surface area contributed by atoms with E-state index in [4.69, 9.17) is 11.6 Å². The molecule has 0 bridgehead atoms.